The number of aliphatic hydroxyl groups excluding tert-OH is 1. The van der Waals surface area contributed by atoms with Gasteiger partial charge in [-0.2, -0.15) is 0 Å². The molecule has 4 rings (SSSR count). The maximum atomic E-state index is 10.2. The van der Waals surface area contributed by atoms with Gasteiger partial charge < -0.3 is 29.5 Å². The topological polar surface area (TPSA) is 115 Å². The number of hydrogen-bond acceptors (Lipinski definition) is 10. The summed E-state index contributed by atoms with van der Waals surface area (Å²) in [5, 5.41) is 22.2. The standard InChI is InChI=1S/C22H29N5O5/c1-13-18(26-32-25-13)11-23-10-14-8-16-17(9-19(29-2)21(31-4)20(16)30-3)24-22(14)27-7-5-6-15(28)12-27/h8-9,15,23,28H,5-7,10-12H2,1-4H3/t15-/m0/s1. The lowest BCUT2D eigenvalue weighted by molar-refractivity contribution is 0.154. The van der Waals surface area contributed by atoms with E-state index >= 15 is 0 Å². The Morgan fingerprint density at radius 2 is 1.94 bits per heavy atom. The molecule has 3 aromatic rings. The molecule has 1 aliphatic rings. The Bertz CT molecular complexity index is 1090. The summed E-state index contributed by atoms with van der Waals surface area (Å²) in [4.78, 5) is 7.11. The summed E-state index contributed by atoms with van der Waals surface area (Å²) in [5.41, 5.74) is 3.23. The van der Waals surface area contributed by atoms with E-state index in [0.717, 1.165) is 53.1 Å². The maximum Gasteiger partial charge on any atom is 0.204 e. The second-order valence-electron chi connectivity index (χ2n) is 7.83. The number of fused-ring (bicyclic) bond motifs is 1. The highest BCUT2D eigenvalue weighted by Gasteiger charge is 2.24. The minimum absolute atomic E-state index is 0.370. The van der Waals surface area contributed by atoms with Crippen LogP contribution in [0.3, 0.4) is 0 Å². The van der Waals surface area contributed by atoms with Crippen LogP contribution in [0.5, 0.6) is 17.2 Å². The van der Waals surface area contributed by atoms with Crippen LogP contribution in [-0.2, 0) is 13.1 Å². The van der Waals surface area contributed by atoms with Crippen molar-refractivity contribution >= 4 is 16.7 Å². The Balaban J connectivity index is 1.76. The van der Waals surface area contributed by atoms with Crippen molar-refractivity contribution in [1.29, 1.82) is 0 Å². The molecule has 1 atom stereocenters. The van der Waals surface area contributed by atoms with E-state index in [-0.39, 0.29) is 6.10 Å². The van der Waals surface area contributed by atoms with Gasteiger partial charge in [-0.1, -0.05) is 10.3 Å². The van der Waals surface area contributed by atoms with Gasteiger partial charge in [0.05, 0.1) is 33.0 Å². The van der Waals surface area contributed by atoms with E-state index in [1.165, 1.54) is 0 Å². The summed E-state index contributed by atoms with van der Waals surface area (Å²) < 4.78 is 21.5. The van der Waals surface area contributed by atoms with Crippen LogP contribution in [0.1, 0.15) is 29.8 Å². The van der Waals surface area contributed by atoms with Crippen LogP contribution in [0.25, 0.3) is 10.9 Å². The van der Waals surface area contributed by atoms with Crippen LogP contribution >= 0.6 is 0 Å². The molecule has 2 N–H and O–H groups in total. The number of nitrogens with one attached hydrogen (secondary N) is 1. The van der Waals surface area contributed by atoms with Crippen molar-refractivity contribution in [2.75, 3.05) is 39.3 Å². The number of aliphatic hydroxyl groups is 1. The predicted octanol–water partition coefficient (Wildman–Crippen LogP) is 2.20. The number of β-amino-alcohol motifs (C(OH)–C–C–N with tert-alkyl or cyclic N) is 1. The van der Waals surface area contributed by atoms with Gasteiger partial charge in [-0.05, 0) is 25.8 Å². The summed E-state index contributed by atoms with van der Waals surface area (Å²) in [5.74, 6) is 2.47. The van der Waals surface area contributed by atoms with Gasteiger partial charge in [0.2, 0.25) is 5.75 Å². The molecule has 10 nitrogen and oxygen atoms in total. The van der Waals surface area contributed by atoms with Crippen LogP contribution in [0, 0.1) is 6.92 Å². The van der Waals surface area contributed by atoms with Crippen LogP contribution in [0.15, 0.2) is 16.8 Å². The van der Waals surface area contributed by atoms with Gasteiger partial charge in [-0.3, -0.25) is 0 Å². The van der Waals surface area contributed by atoms with Crippen LogP contribution in [-0.4, -0.2) is 60.9 Å². The third kappa shape index (κ3) is 4.28. The lowest BCUT2D eigenvalue weighted by atomic mass is 10.1. The number of anilines is 1. The molecule has 32 heavy (non-hydrogen) atoms. The Morgan fingerprint density at radius 3 is 2.59 bits per heavy atom. The second-order valence-corrected chi connectivity index (χ2v) is 7.83. The first-order valence-corrected chi connectivity index (χ1v) is 10.6. The molecular formula is C22H29N5O5. The van der Waals surface area contributed by atoms with Gasteiger partial charge >= 0.3 is 0 Å². The summed E-state index contributed by atoms with van der Waals surface area (Å²) >= 11 is 0. The molecule has 0 radical (unpaired) electrons. The molecular weight excluding hydrogens is 414 g/mol. The second kappa shape index (κ2) is 9.58. The van der Waals surface area contributed by atoms with Gasteiger partial charge in [-0.15, -0.1) is 0 Å². The zero-order chi connectivity index (χ0) is 22.7. The van der Waals surface area contributed by atoms with Gasteiger partial charge in [-0.25, -0.2) is 9.61 Å². The number of nitrogens with zero attached hydrogens (tertiary/aromatic N) is 4. The molecule has 0 aliphatic carbocycles. The molecule has 172 valence electrons. The van der Waals surface area contributed by atoms with E-state index in [1.807, 2.05) is 13.0 Å². The molecule has 1 aromatic carbocycles. The van der Waals surface area contributed by atoms with Gasteiger partial charge in [0.25, 0.3) is 0 Å². The van der Waals surface area contributed by atoms with E-state index in [4.69, 9.17) is 23.8 Å². The fourth-order valence-electron chi connectivity index (χ4n) is 4.10. The Kier molecular flexibility index (Phi) is 6.61. The first-order valence-electron chi connectivity index (χ1n) is 10.6. The third-order valence-corrected chi connectivity index (χ3v) is 5.73. The van der Waals surface area contributed by atoms with E-state index in [1.54, 1.807) is 21.3 Å². The molecule has 2 aromatic heterocycles. The van der Waals surface area contributed by atoms with Crippen molar-refractivity contribution in [3.63, 3.8) is 0 Å². The largest absolute Gasteiger partial charge is 0.493 e. The monoisotopic (exact) mass is 443 g/mol. The highest BCUT2D eigenvalue weighted by atomic mass is 16.6. The number of pyridine rings is 1. The first kappa shape index (κ1) is 22.1. The predicted molar refractivity (Wildman–Crippen MR) is 118 cm³/mol. The smallest absolute Gasteiger partial charge is 0.204 e. The van der Waals surface area contributed by atoms with E-state index in [9.17, 15) is 5.11 Å². The van der Waals surface area contributed by atoms with E-state index in [0.29, 0.717) is 36.9 Å². The number of benzene rings is 1. The van der Waals surface area contributed by atoms with Crippen molar-refractivity contribution in [1.82, 2.24) is 20.6 Å². The van der Waals surface area contributed by atoms with E-state index in [2.05, 4.69) is 26.6 Å². The number of methoxy groups -OCH3 is 3. The average molecular weight is 444 g/mol. The number of aryl methyl sites for hydroxylation is 1. The van der Waals surface area contributed by atoms with Crippen molar-refractivity contribution in [3.05, 3.63) is 29.1 Å². The summed E-state index contributed by atoms with van der Waals surface area (Å²) in [6, 6.07) is 3.91. The molecule has 0 unspecified atom stereocenters. The Hall–Kier alpha value is -3.11. The first-order chi connectivity index (χ1) is 15.5. The van der Waals surface area contributed by atoms with Crippen molar-refractivity contribution < 1.29 is 23.9 Å². The van der Waals surface area contributed by atoms with E-state index < -0.39 is 0 Å². The number of rotatable bonds is 8. The molecule has 1 saturated heterocycles. The Labute approximate surface area is 186 Å². The molecule has 3 heterocycles. The number of piperidine rings is 1. The molecule has 1 fully saturated rings. The van der Waals surface area contributed by atoms with Crippen LogP contribution in [0.2, 0.25) is 0 Å². The van der Waals surface area contributed by atoms with Crippen LogP contribution in [0.4, 0.5) is 5.82 Å². The minimum Gasteiger partial charge on any atom is -0.493 e. The molecule has 0 bridgehead atoms. The van der Waals surface area contributed by atoms with Gasteiger partial charge in [0, 0.05) is 43.2 Å². The Morgan fingerprint density at radius 1 is 1.12 bits per heavy atom. The number of aromatic nitrogens is 3. The van der Waals surface area contributed by atoms with Crippen molar-refractivity contribution in [3.8, 4) is 17.2 Å². The zero-order valence-electron chi connectivity index (χ0n) is 18.8. The van der Waals surface area contributed by atoms with Crippen molar-refractivity contribution in [2.24, 2.45) is 0 Å². The molecule has 1 aliphatic heterocycles. The zero-order valence-corrected chi connectivity index (χ0v) is 18.8. The lowest BCUT2D eigenvalue weighted by Crippen LogP contribution is -2.39. The van der Waals surface area contributed by atoms with Crippen molar-refractivity contribution in [2.45, 2.75) is 39.0 Å². The molecule has 0 saturated carbocycles. The summed E-state index contributed by atoms with van der Waals surface area (Å²) in [7, 11) is 4.77. The SMILES string of the molecule is COc1cc2nc(N3CCC[C@H](O)C3)c(CNCc3nonc3C)cc2c(OC)c1OC. The highest BCUT2D eigenvalue weighted by Crippen LogP contribution is 2.44. The highest BCUT2D eigenvalue weighted by molar-refractivity contribution is 5.92. The minimum atomic E-state index is -0.370. The third-order valence-electron chi connectivity index (χ3n) is 5.73. The summed E-state index contributed by atoms with van der Waals surface area (Å²) in [6.45, 7) is 4.28. The van der Waals surface area contributed by atoms with Gasteiger partial charge in [0.15, 0.2) is 11.5 Å². The fourth-order valence-corrected chi connectivity index (χ4v) is 4.10. The lowest BCUT2D eigenvalue weighted by Gasteiger charge is -2.32. The normalized spacial score (nSPS) is 16.4. The molecule has 0 amide bonds. The molecule has 0 spiro atoms. The number of hydrogen-bond donors (Lipinski definition) is 2. The molecule has 10 heteroatoms. The average Bonchev–Trinajstić information content (AvgIpc) is 3.21. The number of ether oxygens (including phenoxy) is 3. The van der Waals surface area contributed by atoms with Crippen LogP contribution < -0.4 is 24.4 Å². The quantitative estimate of drug-likeness (QED) is 0.537. The van der Waals surface area contributed by atoms with Gasteiger partial charge in [0.1, 0.15) is 17.2 Å². The summed E-state index contributed by atoms with van der Waals surface area (Å²) in [6.07, 6.45) is 1.34. The maximum absolute atomic E-state index is 10.2. The fraction of sp³-hybridized carbons (Fsp3) is 0.500.